The van der Waals surface area contributed by atoms with Crippen molar-refractivity contribution in [1.29, 1.82) is 0 Å². The highest BCUT2D eigenvalue weighted by Crippen LogP contribution is 2.08. The number of amides is 1. The monoisotopic (exact) mass is 219 g/mol. The Morgan fingerprint density at radius 2 is 1.73 bits per heavy atom. The van der Waals surface area contributed by atoms with Crippen molar-refractivity contribution in [3.63, 3.8) is 0 Å². The fourth-order valence-corrected chi connectivity index (χ4v) is 1.22. The van der Waals surface area contributed by atoms with Gasteiger partial charge in [-0.05, 0) is 6.42 Å². The predicted octanol–water partition coefficient (Wildman–Crippen LogP) is -0.746. The van der Waals surface area contributed by atoms with Crippen LogP contribution >= 0.6 is 0 Å². The summed E-state index contributed by atoms with van der Waals surface area (Å²) < 4.78 is 0. The first-order chi connectivity index (χ1) is 7.05. The fraction of sp³-hybridized carbons (Fsp3) is 0.900. The summed E-state index contributed by atoms with van der Waals surface area (Å²) in [4.78, 5) is 11.6. The number of hydrogen-bond donors (Lipinski definition) is 4. The van der Waals surface area contributed by atoms with Crippen molar-refractivity contribution in [2.45, 2.75) is 32.2 Å². The average Bonchev–Trinajstić information content (AvgIpc) is 2.26. The third kappa shape index (κ3) is 4.15. The minimum absolute atomic E-state index is 0.181. The lowest BCUT2D eigenvalue weighted by Gasteiger charge is -2.30. The Morgan fingerprint density at radius 3 is 2.07 bits per heavy atom. The topological polar surface area (TPSA) is 89.8 Å². The van der Waals surface area contributed by atoms with Crippen LogP contribution in [0.2, 0.25) is 0 Å². The van der Waals surface area contributed by atoms with Crippen LogP contribution in [0.5, 0.6) is 0 Å². The smallest absolute Gasteiger partial charge is 0.223 e. The van der Waals surface area contributed by atoms with E-state index in [0.717, 1.165) is 12.8 Å². The van der Waals surface area contributed by atoms with Crippen LogP contribution in [0.1, 0.15) is 26.7 Å². The predicted molar refractivity (Wildman–Crippen MR) is 56.2 cm³/mol. The van der Waals surface area contributed by atoms with E-state index < -0.39 is 25.4 Å². The Balaban J connectivity index is 4.34. The van der Waals surface area contributed by atoms with Gasteiger partial charge >= 0.3 is 0 Å². The van der Waals surface area contributed by atoms with E-state index in [1.165, 1.54) is 0 Å². The molecule has 1 amide bonds. The van der Waals surface area contributed by atoms with Gasteiger partial charge in [0.2, 0.25) is 5.91 Å². The van der Waals surface area contributed by atoms with Gasteiger partial charge in [-0.2, -0.15) is 0 Å². The van der Waals surface area contributed by atoms with E-state index >= 15 is 0 Å². The molecule has 0 bridgehead atoms. The summed E-state index contributed by atoms with van der Waals surface area (Å²) in [6.45, 7) is 2.30. The van der Waals surface area contributed by atoms with Gasteiger partial charge in [-0.25, -0.2) is 0 Å². The second-order valence-electron chi connectivity index (χ2n) is 3.93. The molecular weight excluding hydrogens is 198 g/mol. The van der Waals surface area contributed by atoms with Crippen molar-refractivity contribution in [3.8, 4) is 0 Å². The maximum Gasteiger partial charge on any atom is 0.223 e. The molecule has 0 spiro atoms. The molecule has 0 saturated carbocycles. The average molecular weight is 219 g/mol. The molecule has 1 atom stereocenters. The fourth-order valence-electron chi connectivity index (χ4n) is 1.22. The van der Waals surface area contributed by atoms with Crippen LogP contribution in [0.3, 0.4) is 0 Å². The van der Waals surface area contributed by atoms with E-state index in [0.29, 0.717) is 0 Å². The first kappa shape index (κ1) is 14.3. The lowest BCUT2D eigenvalue weighted by molar-refractivity contribution is -0.129. The van der Waals surface area contributed by atoms with Crippen LogP contribution in [0, 0.1) is 5.92 Å². The van der Waals surface area contributed by atoms with Crippen LogP contribution in [0.25, 0.3) is 0 Å². The maximum atomic E-state index is 11.6. The SMILES string of the molecule is CCCC(C)C(=O)NC(CO)(CO)CO. The highest BCUT2D eigenvalue weighted by Gasteiger charge is 2.31. The zero-order chi connectivity index (χ0) is 11.9. The van der Waals surface area contributed by atoms with E-state index in [1.807, 2.05) is 6.92 Å². The minimum Gasteiger partial charge on any atom is -0.394 e. The number of carbonyl (C=O) groups excluding carboxylic acids is 1. The summed E-state index contributed by atoms with van der Waals surface area (Å²) in [6.07, 6.45) is 1.63. The number of hydrogen-bond acceptors (Lipinski definition) is 4. The van der Waals surface area contributed by atoms with Crippen molar-refractivity contribution < 1.29 is 20.1 Å². The van der Waals surface area contributed by atoms with E-state index in [9.17, 15) is 4.79 Å². The normalized spacial score (nSPS) is 13.7. The van der Waals surface area contributed by atoms with Crippen LogP contribution in [0.4, 0.5) is 0 Å². The van der Waals surface area contributed by atoms with E-state index in [-0.39, 0.29) is 11.8 Å². The quantitative estimate of drug-likeness (QED) is 0.454. The van der Waals surface area contributed by atoms with Gasteiger partial charge in [-0.1, -0.05) is 20.3 Å². The molecular formula is C10H21NO4. The second-order valence-corrected chi connectivity index (χ2v) is 3.93. The zero-order valence-corrected chi connectivity index (χ0v) is 9.36. The molecule has 90 valence electrons. The first-order valence-corrected chi connectivity index (χ1v) is 5.19. The van der Waals surface area contributed by atoms with Crippen LogP contribution in [0.15, 0.2) is 0 Å². The lowest BCUT2D eigenvalue weighted by atomic mass is 9.99. The maximum absolute atomic E-state index is 11.6. The molecule has 0 aromatic rings. The minimum atomic E-state index is -1.31. The summed E-state index contributed by atoms with van der Waals surface area (Å²) in [6, 6.07) is 0. The molecule has 0 rings (SSSR count). The standard InChI is InChI=1S/C10H21NO4/c1-3-4-8(2)9(15)11-10(5-12,6-13)7-14/h8,12-14H,3-7H2,1-2H3,(H,11,15). The van der Waals surface area contributed by atoms with Gasteiger partial charge in [0.05, 0.1) is 19.8 Å². The summed E-state index contributed by atoms with van der Waals surface area (Å²) in [5.74, 6) is -0.437. The van der Waals surface area contributed by atoms with Gasteiger partial charge < -0.3 is 20.6 Å². The summed E-state index contributed by atoms with van der Waals surface area (Å²) >= 11 is 0. The number of carbonyl (C=O) groups is 1. The van der Waals surface area contributed by atoms with Gasteiger partial charge in [0, 0.05) is 5.92 Å². The van der Waals surface area contributed by atoms with Crippen molar-refractivity contribution >= 4 is 5.91 Å². The highest BCUT2D eigenvalue weighted by atomic mass is 16.3. The Kier molecular flexibility index (Phi) is 6.47. The molecule has 0 radical (unpaired) electrons. The third-order valence-electron chi connectivity index (χ3n) is 2.47. The van der Waals surface area contributed by atoms with Gasteiger partial charge in [-0.15, -0.1) is 0 Å². The Labute approximate surface area is 90.1 Å². The van der Waals surface area contributed by atoms with Crippen LogP contribution in [-0.4, -0.2) is 46.6 Å². The number of nitrogens with one attached hydrogen (secondary N) is 1. The number of aliphatic hydroxyl groups excluding tert-OH is 3. The van der Waals surface area contributed by atoms with Crippen LogP contribution in [-0.2, 0) is 4.79 Å². The molecule has 15 heavy (non-hydrogen) atoms. The molecule has 0 fully saturated rings. The largest absolute Gasteiger partial charge is 0.394 e. The molecule has 5 heteroatoms. The van der Waals surface area contributed by atoms with Crippen molar-refractivity contribution in [3.05, 3.63) is 0 Å². The summed E-state index contributed by atoms with van der Waals surface area (Å²) in [7, 11) is 0. The molecule has 1 unspecified atom stereocenters. The molecule has 0 aliphatic carbocycles. The first-order valence-electron chi connectivity index (χ1n) is 5.19. The molecule has 0 aromatic heterocycles. The molecule has 0 heterocycles. The van der Waals surface area contributed by atoms with Gasteiger partial charge in [-0.3, -0.25) is 4.79 Å². The molecule has 0 aromatic carbocycles. The van der Waals surface area contributed by atoms with Gasteiger partial charge in [0.1, 0.15) is 5.54 Å². The van der Waals surface area contributed by atoms with Crippen molar-refractivity contribution in [2.24, 2.45) is 5.92 Å². The molecule has 4 N–H and O–H groups in total. The number of aliphatic hydroxyl groups is 3. The van der Waals surface area contributed by atoms with Gasteiger partial charge in [0.25, 0.3) is 0 Å². The number of rotatable bonds is 7. The Hall–Kier alpha value is -0.650. The summed E-state index contributed by atoms with van der Waals surface area (Å²) in [5, 5.41) is 29.5. The van der Waals surface area contributed by atoms with E-state index in [4.69, 9.17) is 15.3 Å². The van der Waals surface area contributed by atoms with Crippen molar-refractivity contribution in [1.82, 2.24) is 5.32 Å². The van der Waals surface area contributed by atoms with Crippen LogP contribution < -0.4 is 5.32 Å². The van der Waals surface area contributed by atoms with E-state index in [1.54, 1.807) is 6.92 Å². The Morgan fingerprint density at radius 1 is 1.27 bits per heavy atom. The second kappa shape index (κ2) is 6.76. The molecule has 5 nitrogen and oxygen atoms in total. The van der Waals surface area contributed by atoms with E-state index in [2.05, 4.69) is 5.32 Å². The third-order valence-corrected chi connectivity index (χ3v) is 2.47. The highest BCUT2D eigenvalue weighted by molar-refractivity contribution is 5.79. The molecule has 0 saturated heterocycles. The summed E-state index contributed by atoms with van der Waals surface area (Å²) in [5.41, 5.74) is -1.31. The molecule has 0 aliphatic heterocycles. The van der Waals surface area contributed by atoms with Crippen molar-refractivity contribution in [2.75, 3.05) is 19.8 Å². The Bertz CT molecular complexity index is 184. The van der Waals surface area contributed by atoms with Gasteiger partial charge in [0.15, 0.2) is 0 Å². The zero-order valence-electron chi connectivity index (χ0n) is 9.36. The lowest BCUT2D eigenvalue weighted by Crippen LogP contribution is -2.58. The molecule has 0 aliphatic rings.